The summed E-state index contributed by atoms with van der Waals surface area (Å²) in [6.07, 6.45) is 3.48. The molecule has 0 spiro atoms. The van der Waals surface area contributed by atoms with Gasteiger partial charge >= 0.3 is 0 Å². The Balaban J connectivity index is 1.95. The molecule has 128 valence electrons. The number of ether oxygens (including phenoxy) is 1. The molecule has 0 radical (unpaired) electrons. The summed E-state index contributed by atoms with van der Waals surface area (Å²) in [5.41, 5.74) is 1.99. The van der Waals surface area contributed by atoms with Crippen LogP contribution in [-0.4, -0.2) is 12.5 Å². The predicted molar refractivity (Wildman–Crippen MR) is 98.7 cm³/mol. The summed E-state index contributed by atoms with van der Waals surface area (Å²) in [7, 11) is 0. The van der Waals surface area contributed by atoms with Crippen molar-refractivity contribution < 1.29 is 9.53 Å². The van der Waals surface area contributed by atoms with Gasteiger partial charge in [0, 0.05) is 6.54 Å². The maximum absolute atomic E-state index is 12.0. The highest BCUT2D eigenvalue weighted by Gasteiger charge is 2.08. The van der Waals surface area contributed by atoms with Crippen LogP contribution in [0.1, 0.15) is 30.9 Å². The number of rotatable bonds is 8. The number of amides is 1. The highest BCUT2D eigenvalue weighted by molar-refractivity contribution is 6.01. The fourth-order valence-electron chi connectivity index (χ4n) is 2.19. The molecule has 0 bridgehead atoms. The summed E-state index contributed by atoms with van der Waals surface area (Å²) in [6.45, 7) is 3.13. The largest absolute Gasteiger partial charge is 0.489 e. The average Bonchev–Trinajstić information content (AvgIpc) is 2.66. The maximum atomic E-state index is 12.0. The van der Waals surface area contributed by atoms with E-state index < -0.39 is 0 Å². The Kier molecular flexibility index (Phi) is 7.27. The second-order valence-electron chi connectivity index (χ2n) is 5.62. The Labute approximate surface area is 148 Å². The highest BCUT2D eigenvalue weighted by atomic mass is 16.5. The summed E-state index contributed by atoms with van der Waals surface area (Å²) in [5.74, 6) is 0.410. The molecule has 0 saturated heterocycles. The number of hydrogen-bond donors (Lipinski definition) is 1. The molecule has 4 nitrogen and oxygen atoms in total. The topological polar surface area (TPSA) is 62.1 Å². The molecule has 1 amide bonds. The molecule has 0 heterocycles. The minimum Gasteiger partial charge on any atom is -0.489 e. The molecule has 2 aromatic carbocycles. The van der Waals surface area contributed by atoms with Gasteiger partial charge in [0.25, 0.3) is 5.91 Å². The van der Waals surface area contributed by atoms with E-state index in [-0.39, 0.29) is 11.5 Å². The van der Waals surface area contributed by atoms with Crippen LogP contribution in [0.25, 0.3) is 6.08 Å². The first kappa shape index (κ1) is 18.3. The Morgan fingerprint density at radius 3 is 2.52 bits per heavy atom. The van der Waals surface area contributed by atoms with E-state index in [4.69, 9.17) is 4.74 Å². The number of nitriles is 1. The Morgan fingerprint density at radius 2 is 1.88 bits per heavy atom. The second kappa shape index (κ2) is 9.94. The molecular weight excluding hydrogens is 312 g/mol. The van der Waals surface area contributed by atoms with Gasteiger partial charge in [-0.2, -0.15) is 5.26 Å². The van der Waals surface area contributed by atoms with Crippen LogP contribution in [0.15, 0.2) is 60.2 Å². The molecule has 0 atom stereocenters. The van der Waals surface area contributed by atoms with Crippen molar-refractivity contribution in [3.8, 4) is 11.8 Å². The lowest BCUT2D eigenvalue weighted by atomic mass is 10.1. The van der Waals surface area contributed by atoms with Gasteiger partial charge < -0.3 is 10.1 Å². The van der Waals surface area contributed by atoms with Gasteiger partial charge in [-0.3, -0.25) is 4.79 Å². The van der Waals surface area contributed by atoms with E-state index in [1.807, 2.05) is 60.7 Å². The van der Waals surface area contributed by atoms with Crippen molar-refractivity contribution in [1.82, 2.24) is 5.32 Å². The third kappa shape index (κ3) is 6.15. The lowest BCUT2D eigenvalue weighted by molar-refractivity contribution is -0.117. The van der Waals surface area contributed by atoms with Crippen molar-refractivity contribution in [3.05, 3.63) is 71.3 Å². The van der Waals surface area contributed by atoms with Crippen LogP contribution in [0.5, 0.6) is 5.75 Å². The van der Waals surface area contributed by atoms with Crippen molar-refractivity contribution in [3.63, 3.8) is 0 Å². The van der Waals surface area contributed by atoms with Gasteiger partial charge in [0.15, 0.2) is 0 Å². The minimum atomic E-state index is -0.333. The maximum Gasteiger partial charge on any atom is 0.261 e. The van der Waals surface area contributed by atoms with Crippen LogP contribution >= 0.6 is 0 Å². The van der Waals surface area contributed by atoms with Gasteiger partial charge in [0.2, 0.25) is 0 Å². The van der Waals surface area contributed by atoms with E-state index in [2.05, 4.69) is 12.2 Å². The van der Waals surface area contributed by atoms with Gasteiger partial charge in [0.1, 0.15) is 24.0 Å². The molecule has 2 aromatic rings. The lowest BCUT2D eigenvalue weighted by Crippen LogP contribution is -2.25. The van der Waals surface area contributed by atoms with Crippen molar-refractivity contribution >= 4 is 12.0 Å². The summed E-state index contributed by atoms with van der Waals surface area (Å²) < 4.78 is 5.73. The van der Waals surface area contributed by atoms with Gasteiger partial charge in [-0.25, -0.2) is 0 Å². The molecule has 0 aromatic heterocycles. The first-order valence-electron chi connectivity index (χ1n) is 8.39. The van der Waals surface area contributed by atoms with Gasteiger partial charge in [-0.15, -0.1) is 0 Å². The van der Waals surface area contributed by atoms with E-state index >= 15 is 0 Å². The third-order valence-corrected chi connectivity index (χ3v) is 3.62. The van der Waals surface area contributed by atoms with E-state index in [9.17, 15) is 10.1 Å². The van der Waals surface area contributed by atoms with Gasteiger partial charge in [-0.05, 0) is 35.8 Å². The standard InChI is InChI=1S/C21H22N2O2/c1-2-3-13-23-21(24)19(15-22)14-17-9-11-20(12-10-17)25-16-18-7-5-4-6-8-18/h4-12,14H,2-3,13,16H2,1H3,(H,23,24)/b19-14+. The summed E-state index contributed by atoms with van der Waals surface area (Å²) in [5, 5.41) is 11.9. The summed E-state index contributed by atoms with van der Waals surface area (Å²) >= 11 is 0. The van der Waals surface area contributed by atoms with E-state index in [0.29, 0.717) is 13.2 Å². The molecule has 1 N–H and O–H groups in total. The Bertz CT molecular complexity index is 744. The van der Waals surface area contributed by atoms with Crippen LogP contribution in [0.3, 0.4) is 0 Å². The van der Waals surface area contributed by atoms with Gasteiger partial charge in [-0.1, -0.05) is 55.8 Å². The zero-order valence-corrected chi connectivity index (χ0v) is 14.4. The number of benzene rings is 2. The van der Waals surface area contributed by atoms with Crippen LogP contribution in [0, 0.1) is 11.3 Å². The van der Waals surface area contributed by atoms with Crippen LogP contribution in [0.2, 0.25) is 0 Å². The number of nitrogens with one attached hydrogen (secondary N) is 1. The third-order valence-electron chi connectivity index (χ3n) is 3.62. The fourth-order valence-corrected chi connectivity index (χ4v) is 2.19. The van der Waals surface area contributed by atoms with E-state index in [1.54, 1.807) is 6.08 Å². The second-order valence-corrected chi connectivity index (χ2v) is 5.62. The first-order valence-corrected chi connectivity index (χ1v) is 8.39. The number of carbonyl (C=O) groups excluding carboxylic acids is 1. The molecule has 0 aliphatic heterocycles. The molecule has 0 saturated carbocycles. The Morgan fingerprint density at radius 1 is 1.16 bits per heavy atom. The highest BCUT2D eigenvalue weighted by Crippen LogP contribution is 2.16. The molecule has 4 heteroatoms. The normalized spacial score (nSPS) is 10.8. The molecule has 0 unspecified atom stereocenters. The summed E-state index contributed by atoms with van der Waals surface area (Å²) in [6, 6.07) is 19.2. The molecule has 0 fully saturated rings. The zero-order valence-electron chi connectivity index (χ0n) is 14.4. The predicted octanol–water partition coefficient (Wildman–Crippen LogP) is 4.09. The Hall–Kier alpha value is -3.06. The number of nitrogens with zero attached hydrogens (tertiary/aromatic N) is 1. The van der Waals surface area contributed by atoms with Crippen LogP contribution < -0.4 is 10.1 Å². The van der Waals surface area contributed by atoms with Gasteiger partial charge in [0.05, 0.1) is 0 Å². The fraction of sp³-hybridized carbons (Fsp3) is 0.238. The van der Waals surface area contributed by atoms with Crippen molar-refractivity contribution in [2.75, 3.05) is 6.54 Å². The average molecular weight is 334 g/mol. The molecule has 0 aliphatic rings. The minimum absolute atomic E-state index is 0.106. The lowest BCUT2D eigenvalue weighted by Gasteiger charge is -2.07. The van der Waals surface area contributed by atoms with Crippen molar-refractivity contribution in [2.45, 2.75) is 26.4 Å². The first-order chi connectivity index (χ1) is 12.2. The number of unbranched alkanes of at least 4 members (excludes halogenated alkanes) is 1. The number of hydrogen-bond acceptors (Lipinski definition) is 3. The molecule has 2 rings (SSSR count). The smallest absolute Gasteiger partial charge is 0.261 e. The van der Waals surface area contributed by atoms with Crippen molar-refractivity contribution in [1.29, 1.82) is 5.26 Å². The van der Waals surface area contributed by atoms with E-state index in [0.717, 1.165) is 29.7 Å². The molecule has 25 heavy (non-hydrogen) atoms. The SMILES string of the molecule is CCCCNC(=O)/C(C#N)=C/c1ccc(OCc2ccccc2)cc1. The molecule has 0 aliphatic carbocycles. The number of carbonyl (C=O) groups is 1. The zero-order chi connectivity index (χ0) is 17.9. The molecular formula is C21H22N2O2. The van der Waals surface area contributed by atoms with Crippen molar-refractivity contribution in [2.24, 2.45) is 0 Å². The quantitative estimate of drug-likeness (QED) is 0.449. The monoisotopic (exact) mass is 334 g/mol. The van der Waals surface area contributed by atoms with Crippen LogP contribution in [-0.2, 0) is 11.4 Å². The summed E-state index contributed by atoms with van der Waals surface area (Å²) in [4.78, 5) is 12.0. The van der Waals surface area contributed by atoms with E-state index in [1.165, 1.54) is 0 Å². The van der Waals surface area contributed by atoms with Crippen LogP contribution in [0.4, 0.5) is 0 Å².